The molecule has 0 aromatic heterocycles. The Labute approximate surface area is 80.4 Å². The van der Waals surface area contributed by atoms with Gasteiger partial charge in [0.05, 0.1) is 26.4 Å². The minimum absolute atomic E-state index is 0.0759. The SMILES string of the molecule is C[CH]OCCC1OCC(C)(C)CO1. The van der Waals surface area contributed by atoms with E-state index in [2.05, 4.69) is 13.8 Å². The maximum Gasteiger partial charge on any atom is 0.159 e. The lowest BCUT2D eigenvalue weighted by atomic mass is 9.95. The zero-order valence-corrected chi connectivity index (χ0v) is 8.71. The Morgan fingerprint density at radius 3 is 2.54 bits per heavy atom. The van der Waals surface area contributed by atoms with Crippen LogP contribution in [-0.2, 0) is 14.2 Å². The van der Waals surface area contributed by atoms with Crippen molar-refractivity contribution in [2.24, 2.45) is 5.41 Å². The summed E-state index contributed by atoms with van der Waals surface area (Å²) >= 11 is 0. The standard InChI is InChI=1S/C10H19O3/c1-4-11-6-5-9-12-7-10(2,3)8-13-9/h4,9H,5-8H2,1-3H3. The zero-order chi connectivity index (χ0) is 9.73. The molecule has 1 rings (SSSR count). The predicted octanol–water partition coefficient (Wildman–Crippen LogP) is 1.97. The molecule has 0 atom stereocenters. The second-order valence-electron chi connectivity index (χ2n) is 4.11. The summed E-state index contributed by atoms with van der Waals surface area (Å²) in [6.45, 7) is 10.0. The van der Waals surface area contributed by atoms with Crippen LogP contribution in [0.4, 0.5) is 0 Å². The van der Waals surface area contributed by atoms with Crippen molar-refractivity contribution < 1.29 is 14.2 Å². The molecule has 0 aromatic carbocycles. The minimum Gasteiger partial charge on any atom is -0.376 e. The van der Waals surface area contributed by atoms with Crippen LogP contribution in [0.5, 0.6) is 0 Å². The molecule has 0 amide bonds. The fraction of sp³-hybridized carbons (Fsp3) is 0.900. The molecule has 0 bridgehead atoms. The van der Waals surface area contributed by atoms with Gasteiger partial charge in [0.15, 0.2) is 6.29 Å². The van der Waals surface area contributed by atoms with E-state index in [0.717, 1.165) is 19.6 Å². The molecule has 1 radical (unpaired) electrons. The first-order valence-corrected chi connectivity index (χ1v) is 4.77. The summed E-state index contributed by atoms with van der Waals surface area (Å²) in [6, 6.07) is 0. The molecule has 3 heteroatoms. The third-order valence-corrected chi connectivity index (χ3v) is 1.96. The molecule has 0 aromatic rings. The van der Waals surface area contributed by atoms with Crippen LogP contribution >= 0.6 is 0 Å². The lowest BCUT2D eigenvalue weighted by Gasteiger charge is -2.34. The molecule has 1 fully saturated rings. The van der Waals surface area contributed by atoms with Crippen molar-refractivity contribution in [2.45, 2.75) is 33.5 Å². The zero-order valence-electron chi connectivity index (χ0n) is 8.71. The maximum absolute atomic E-state index is 5.52. The molecule has 1 saturated heterocycles. The van der Waals surface area contributed by atoms with Crippen molar-refractivity contribution in [3.05, 3.63) is 6.61 Å². The Hall–Kier alpha value is -0.120. The average Bonchev–Trinajstić information content (AvgIpc) is 2.08. The van der Waals surface area contributed by atoms with E-state index >= 15 is 0 Å². The van der Waals surface area contributed by atoms with Crippen molar-refractivity contribution in [3.63, 3.8) is 0 Å². The third-order valence-electron chi connectivity index (χ3n) is 1.96. The lowest BCUT2D eigenvalue weighted by Crippen LogP contribution is -2.38. The van der Waals surface area contributed by atoms with Gasteiger partial charge in [0.2, 0.25) is 0 Å². The topological polar surface area (TPSA) is 27.7 Å². The molecule has 0 unspecified atom stereocenters. The second kappa shape index (κ2) is 4.94. The van der Waals surface area contributed by atoms with E-state index in [-0.39, 0.29) is 11.7 Å². The molecular formula is C10H19O3. The Bertz CT molecular complexity index is 135. The molecule has 3 nitrogen and oxygen atoms in total. The second-order valence-corrected chi connectivity index (χ2v) is 4.11. The highest BCUT2D eigenvalue weighted by molar-refractivity contribution is 4.71. The van der Waals surface area contributed by atoms with E-state index < -0.39 is 0 Å². The molecule has 0 N–H and O–H groups in total. The normalized spacial score (nSPS) is 23.3. The maximum atomic E-state index is 5.52. The predicted molar refractivity (Wildman–Crippen MR) is 50.0 cm³/mol. The van der Waals surface area contributed by atoms with Gasteiger partial charge in [-0.3, -0.25) is 0 Å². The fourth-order valence-corrected chi connectivity index (χ4v) is 1.18. The smallest absolute Gasteiger partial charge is 0.159 e. The summed E-state index contributed by atoms with van der Waals surface area (Å²) in [5.41, 5.74) is 0.161. The first-order valence-electron chi connectivity index (χ1n) is 4.77. The quantitative estimate of drug-likeness (QED) is 0.630. The molecule has 0 spiro atoms. The van der Waals surface area contributed by atoms with Gasteiger partial charge in [-0.2, -0.15) is 0 Å². The first-order chi connectivity index (χ1) is 6.14. The average molecular weight is 187 g/mol. The number of ether oxygens (including phenoxy) is 3. The van der Waals surface area contributed by atoms with E-state index in [9.17, 15) is 0 Å². The highest BCUT2D eigenvalue weighted by Crippen LogP contribution is 2.23. The first kappa shape index (κ1) is 11.0. The van der Waals surface area contributed by atoms with E-state index in [4.69, 9.17) is 14.2 Å². The summed E-state index contributed by atoms with van der Waals surface area (Å²) in [7, 11) is 0. The van der Waals surface area contributed by atoms with Gasteiger partial charge in [0.25, 0.3) is 0 Å². The van der Waals surface area contributed by atoms with E-state index in [1.54, 1.807) is 6.61 Å². The molecule has 1 aliphatic rings. The minimum atomic E-state index is -0.0759. The Kier molecular flexibility index (Phi) is 4.16. The van der Waals surface area contributed by atoms with Gasteiger partial charge in [0.1, 0.15) is 0 Å². The largest absolute Gasteiger partial charge is 0.376 e. The monoisotopic (exact) mass is 187 g/mol. The van der Waals surface area contributed by atoms with Crippen molar-refractivity contribution >= 4 is 0 Å². The van der Waals surface area contributed by atoms with Crippen molar-refractivity contribution in [2.75, 3.05) is 19.8 Å². The Morgan fingerprint density at radius 1 is 1.38 bits per heavy atom. The van der Waals surface area contributed by atoms with Gasteiger partial charge in [-0.1, -0.05) is 13.8 Å². The van der Waals surface area contributed by atoms with E-state index in [1.807, 2.05) is 6.92 Å². The van der Waals surface area contributed by atoms with Gasteiger partial charge in [-0.15, -0.1) is 0 Å². The van der Waals surface area contributed by atoms with Crippen LogP contribution in [-0.4, -0.2) is 26.1 Å². The number of rotatable bonds is 4. The van der Waals surface area contributed by atoms with Crippen molar-refractivity contribution in [3.8, 4) is 0 Å². The van der Waals surface area contributed by atoms with Crippen LogP contribution in [0.1, 0.15) is 27.2 Å². The van der Waals surface area contributed by atoms with Crippen molar-refractivity contribution in [1.82, 2.24) is 0 Å². The van der Waals surface area contributed by atoms with Crippen LogP contribution < -0.4 is 0 Å². The van der Waals surface area contributed by atoms with Crippen LogP contribution in [0.2, 0.25) is 0 Å². The molecule has 77 valence electrons. The summed E-state index contributed by atoms with van der Waals surface area (Å²) in [5, 5.41) is 0. The highest BCUT2D eigenvalue weighted by Gasteiger charge is 2.27. The summed E-state index contributed by atoms with van der Waals surface area (Å²) in [6.07, 6.45) is 0.730. The molecule has 13 heavy (non-hydrogen) atoms. The summed E-state index contributed by atoms with van der Waals surface area (Å²) in [5.74, 6) is 0. The summed E-state index contributed by atoms with van der Waals surface area (Å²) in [4.78, 5) is 0. The molecule has 1 aliphatic heterocycles. The van der Waals surface area contributed by atoms with Crippen molar-refractivity contribution in [1.29, 1.82) is 0 Å². The van der Waals surface area contributed by atoms with Gasteiger partial charge in [-0.05, 0) is 6.92 Å². The van der Waals surface area contributed by atoms with E-state index in [0.29, 0.717) is 6.61 Å². The van der Waals surface area contributed by atoms with Gasteiger partial charge in [-0.25, -0.2) is 0 Å². The Morgan fingerprint density at radius 2 is 2.00 bits per heavy atom. The Balaban J connectivity index is 2.11. The van der Waals surface area contributed by atoms with Gasteiger partial charge < -0.3 is 14.2 Å². The van der Waals surface area contributed by atoms with Crippen LogP contribution in [0.15, 0.2) is 0 Å². The number of hydrogen-bond donors (Lipinski definition) is 0. The fourth-order valence-electron chi connectivity index (χ4n) is 1.18. The van der Waals surface area contributed by atoms with Crippen LogP contribution in [0.3, 0.4) is 0 Å². The highest BCUT2D eigenvalue weighted by atomic mass is 16.7. The molecular weight excluding hydrogens is 168 g/mol. The van der Waals surface area contributed by atoms with Crippen LogP contribution in [0, 0.1) is 12.0 Å². The van der Waals surface area contributed by atoms with Crippen LogP contribution in [0.25, 0.3) is 0 Å². The van der Waals surface area contributed by atoms with Gasteiger partial charge in [0, 0.05) is 11.8 Å². The summed E-state index contributed by atoms with van der Waals surface area (Å²) < 4.78 is 16.2. The third kappa shape index (κ3) is 4.07. The van der Waals surface area contributed by atoms with E-state index in [1.165, 1.54) is 0 Å². The molecule has 0 aliphatic carbocycles. The number of hydrogen-bond acceptors (Lipinski definition) is 3. The molecule has 0 saturated carbocycles. The lowest BCUT2D eigenvalue weighted by molar-refractivity contribution is -0.226. The molecule has 1 heterocycles. The van der Waals surface area contributed by atoms with Gasteiger partial charge >= 0.3 is 0 Å².